The number of pyridine rings is 1. The number of hydrogen-bond acceptors (Lipinski definition) is 3. The van der Waals surface area contributed by atoms with Gasteiger partial charge in [0.15, 0.2) is 0 Å². The van der Waals surface area contributed by atoms with Crippen LogP contribution in [0.2, 0.25) is 10.0 Å². The van der Waals surface area contributed by atoms with Crippen molar-refractivity contribution in [1.29, 1.82) is 0 Å². The van der Waals surface area contributed by atoms with Gasteiger partial charge in [0.25, 0.3) is 0 Å². The van der Waals surface area contributed by atoms with E-state index in [0.29, 0.717) is 15.7 Å². The minimum absolute atomic E-state index is 0.1000. The van der Waals surface area contributed by atoms with Crippen molar-refractivity contribution in [2.75, 3.05) is 18.9 Å². The van der Waals surface area contributed by atoms with E-state index in [4.69, 9.17) is 23.2 Å². The molecule has 0 radical (unpaired) electrons. The molecule has 3 rings (SSSR count). The maximum Gasteiger partial charge on any atom is 0.246 e. The molecule has 0 saturated carbocycles. The lowest BCUT2D eigenvalue weighted by Crippen LogP contribution is -2.33. The molecular formula is C21H17Cl2N3O2. The van der Waals surface area contributed by atoms with Gasteiger partial charge in [0, 0.05) is 36.0 Å². The predicted molar refractivity (Wildman–Crippen MR) is 114 cm³/mol. The van der Waals surface area contributed by atoms with E-state index in [9.17, 15) is 9.59 Å². The summed E-state index contributed by atoms with van der Waals surface area (Å²) in [5, 5.41) is 4.42. The average molecular weight is 414 g/mol. The fourth-order valence-electron chi connectivity index (χ4n) is 2.62. The Morgan fingerprint density at radius 3 is 2.68 bits per heavy atom. The van der Waals surface area contributed by atoms with Crippen molar-refractivity contribution in [2.45, 2.75) is 0 Å². The maximum atomic E-state index is 12.3. The first kappa shape index (κ1) is 19.9. The molecule has 5 nitrogen and oxygen atoms in total. The zero-order chi connectivity index (χ0) is 20.1. The van der Waals surface area contributed by atoms with Crippen LogP contribution in [0.4, 0.5) is 5.69 Å². The molecule has 2 aromatic carbocycles. The Kier molecular flexibility index (Phi) is 6.29. The third-order valence-electron chi connectivity index (χ3n) is 4.03. The largest absolute Gasteiger partial charge is 0.333 e. The molecule has 142 valence electrons. The number of halogens is 2. The molecule has 0 atom stereocenters. The lowest BCUT2D eigenvalue weighted by molar-refractivity contribution is -0.129. The van der Waals surface area contributed by atoms with Crippen molar-refractivity contribution in [2.24, 2.45) is 0 Å². The summed E-state index contributed by atoms with van der Waals surface area (Å²) in [6.07, 6.45) is 4.84. The van der Waals surface area contributed by atoms with Crippen molar-refractivity contribution in [1.82, 2.24) is 9.88 Å². The van der Waals surface area contributed by atoms with Gasteiger partial charge in [-0.25, -0.2) is 0 Å². The van der Waals surface area contributed by atoms with E-state index < -0.39 is 0 Å². The molecule has 0 fully saturated rings. The Morgan fingerprint density at radius 2 is 1.89 bits per heavy atom. The van der Waals surface area contributed by atoms with Crippen molar-refractivity contribution >= 4 is 57.7 Å². The topological polar surface area (TPSA) is 62.3 Å². The van der Waals surface area contributed by atoms with Crippen LogP contribution in [0.25, 0.3) is 17.0 Å². The first-order chi connectivity index (χ1) is 13.4. The van der Waals surface area contributed by atoms with Crippen molar-refractivity contribution in [3.8, 4) is 0 Å². The molecule has 1 aromatic heterocycles. The summed E-state index contributed by atoms with van der Waals surface area (Å²) in [6.45, 7) is -0.1000. The fraction of sp³-hybridized carbons (Fsp3) is 0.0952. The van der Waals surface area contributed by atoms with Crippen LogP contribution in [0.5, 0.6) is 0 Å². The van der Waals surface area contributed by atoms with Gasteiger partial charge in [-0.3, -0.25) is 14.6 Å². The number of rotatable bonds is 5. The second-order valence-corrected chi connectivity index (χ2v) is 6.94. The highest BCUT2D eigenvalue weighted by molar-refractivity contribution is 6.42. The van der Waals surface area contributed by atoms with E-state index in [1.807, 2.05) is 30.3 Å². The van der Waals surface area contributed by atoms with Gasteiger partial charge in [-0.2, -0.15) is 0 Å². The average Bonchev–Trinajstić information content (AvgIpc) is 2.68. The van der Waals surface area contributed by atoms with Crippen LogP contribution in [0.15, 0.2) is 60.8 Å². The summed E-state index contributed by atoms with van der Waals surface area (Å²) in [5.41, 5.74) is 2.16. The lowest BCUT2D eigenvalue weighted by atomic mass is 10.1. The van der Waals surface area contributed by atoms with Gasteiger partial charge >= 0.3 is 0 Å². The smallest absolute Gasteiger partial charge is 0.246 e. The van der Waals surface area contributed by atoms with E-state index >= 15 is 0 Å². The molecular weight excluding hydrogens is 397 g/mol. The number of fused-ring (bicyclic) bond motifs is 1. The second-order valence-electron chi connectivity index (χ2n) is 6.13. The molecule has 3 aromatic rings. The number of aromatic nitrogens is 1. The third kappa shape index (κ3) is 4.88. The van der Waals surface area contributed by atoms with Gasteiger partial charge in [0.1, 0.15) is 0 Å². The van der Waals surface area contributed by atoms with Gasteiger partial charge in [-0.1, -0.05) is 47.5 Å². The lowest BCUT2D eigenvalue weighted by Gasteiger charge is -2.15. The number of carbonyl (C=O) groups excluding carboxylic acids is 2. The highest BCUT2D eigenvalue weighted by atomic mass is 35.5. The Labute approximate surface area is 172 Å². The van der Waals surface area contributed by atoms with Crippen molar-refractivity contribution in [3.05, 3.63) is 76.4 Å². The molecule has 0 bridgehead atoms. The van der Waals surface area contributed by atoms with Crippen molar-refractivity contribution in [3.63, 3.8) is 0 Å². The van der Waals surface area contributed by atoms with Crippen LogP contribution in [0.3, 0.4) is 0 Å². The molecule has 0 unspecified atom stereocenters. The molecule has 2 amide bonds. The number of benzene rings is 2. The van der Waals surface area contributed by atoms with Crippen molar-refractivity contribution < 1.29 is 9.59 Å². The van der Waals surface area contributed by atoms with Crippen LogP contribution < -0.4 is 5.32 Å². The molecule has 0 spiro atoms. The number of carbonyl (C=O) groups is 2. The van der Waals surface area contributed by atoms with Gasteiger partial charge in [0.05, 0.1) is 22.1 Å². The summed E-state index contributed by atoms with van der Waals surface area (Å²) >= 11 is 11.8. The van der Waals surface area contributed by atoms with Crippen LogP contribution >= 0.6 is 23.2 Å². The maximum absolute atomic E-state index is 12.3. The fourth-order valence-corrected chi connectivity index (χ4v) is 2.92. The predicted octanol–water partition coefficient (Wildman–Crippen LogP) is 4.65. The number of hydrogen-bond donors (Lipinski definition) is 1. The zero-order valence-corrected chi connectivity index (χ0v) is 16.5. The molecule has 28 heavy (non-hydrogen) atoms. The highest BCUT2D eigenvalue weighted by Crippen LogP contribution is 2.25. The summed E-state index contributed by atoms with van der Waals surface area (Å²) in [7, 11) is 1.56. The molecule has 0 saturated heterocycles. The molecule has 1 N–H and O–H groups in total. The van der Waals surface area contributed by atoms with Gasteiger partial charge in [0.2, 0.25) is 11.8 Å². The second kappa shape index (κ2) is 8.87. The summed E-state index contributed by atoms with van der Waals surface area (Å²) in [4.78, 5) is 30.2. The minimum atomic E-state index is -0.338. The Balaban J connectivity index is 1.63. The van der Waals surface area contributed by atoms with Crippen LogP contribution in [-0.2, 0) is 9.59 Å². The van der Waals surface area contributed by atoms with Gasteiger partial charge in [-0.05, 0) is 30.3 Å². The Hall–Kier alpha value is -2.89. The number of para-hydroxylation sites is 1. The first-order valence-corrected chi connectivity index (χ1v) is 9.21. The molecule has 0 aliphatic heterocycles. The summed E-state index contributed by atoms with van der Waals surface area (Å²) in [5.74, 6) is -0.633. The van der Waals surface area contributed by atoms with Gasteiger partial charge < -0.3 is 10.2 Å². The molecule has 0 aliphatic carbocycles. The Bertz CT molecular complexity index is 1060. The van der Waals surface area contributed by atoms with Gasteiger partial charge in [-0.15, -0.1) is 0 Å². The monoisotopic (exact) mass is 413 g/mol. The van der Waals surface area contributed by atoms with Crippen LogP contribution in [-0.4, -0.2) is 35.3 Å². The third-order valence-corrected chi connectivity index (χ3v) is 4.77. The first-order valence-electron chi connectivity index (χ1n) is 8.46. The van der Waals surface area contributed by atoms with E-state index in [1.54, 1.807) is 37.5 Å². The Morgan fingerprint density at radius 1 is 1.11 bits per heavy atom. The minimum Gasteiger partial charge on any atom is -0.333 e. The molecule has 0 aliphatic rings. The zero-order valence-electron chi connectivity index (χ0n) is 15.0. The molecule has 1 heterocycles. The summed E-state index contributed by atoms with van der Waals surface area (Å²) < 4.78 is 0. The number of amides is 2. The van der Waals surface area contributed by atoms with E-state index in [-0.39, 0.29) is 18.4 Å². The summed E-state index contributed by atoms with van der Waals surface area (Å²) in [6, 6.07) is 14.4. The number of nitrogens with zero attached hydrogens (tertiary/aromatic N) is 2. The number of nitrogens with one attached hydrogen (secondary N) is 1. The molecule has 7 heteroatoms. The highest BCUT2D eigenvalue weighted by Gasteiger charge is 2.11. The SMILES string of the molecule is CN(CC(=O)Nc1ccc(Cl)c(Cl)c1)C(=O)C=Cc1cccc2cccnc12. The quantitative estimate of drug-likeness (QED) is 0.619. The number of anilines is 1. The van der Waals surface area contributed by atoms with Crippen LogP contribution in [0, 0.1) is 0 Å². The standard InChI is InChI=1S/C21H17Cl2N3O2/c1-26(13-19(27)25-16-8-9-17(22)18(23)12-16)20(28)10-7-15-5-2-4-14-6-3-11-24-21(14)15/h2-12H,13H2,1H3,(H,25,27). The van der Waals surface area contributed by atoms with E-state index in [2.05, 4.69) is 10.3 Å². The van der Waals surface area contributed by atoms with E-state index in [1.165, 1.54) is 11.0 Å². The van der Waals surface area contributed by atoms with Crippen LogP contribution in [0.1, 0.15) is 5.56 Å². The normalized spacial score (nSPS) is 11.0. The van der Waals surface area contributed by atoms with E-state index in [0.717, 1.165) is 16.5 Å². The number of likely N-dealkylation sites (N-methyl/N-ethyl adjacent to an activating group) is 1.